The summed E-state index contributed by atoms with van der Waals surface area (Å²) in [5.74, 6) is 0.781. The predicted octanol–water partition coefficient (Wildman–Crippen LogP) is 4.12. The van der Waals surface area contributed by atoms with Crippen LogP contribution in [0.5, 0.6) is 0 Å². The van der Waals surface area contributed by atoms with E-state index in [9.17, 15) is 13.2 Å². The van der Waals surface area contributed by atoms with Crippen molar-refractivity contribution in [3.63, 3.8) is 0 Å². The van der Waals surface area contributed by atoms with E-state index in [-0.39, 0.29) is 5.91 Å². The number of carbonyl (C=O) groups is 1. The maximum atomic E-state index is 13.5. The first-order chi connectivity index (χ1) is 15.9. The van der Waals surface area contributed by atoms with Gasteiger partial charge < -0.3 is 13.9 Å². The van der Waals surface area contributed by atoms with Crippen LogP contribution in [0.3, 0.4) is 0 Å². The van der Waals surface area contributed by atoms with Gasteiger partial charge in [-0.2, -0.15) is 4.31 Å². The van der Waals surface area contributed by atoms with Crippen molar-refractivity contribution in [3.05, 3.63) is 70.9 Å². The van der Waals surface area contributed by atoms with Crippen molar-refractivity contribution in [2.75, 3.05) is 24.5 Å². The van der Waals surface area contributed by atoms with Crippen molar-refractivity contribution in [2.24, 2.45) is 0 Å². The smallest absolute Gasteiger partial charge is 0.260 e. The molecule has 2 aromatic heterocycles. The van der Waals surface area contributed by atoms with E-state index in [1.807, 2.05) is 32.0 Å². The number of carbonyl (C=O) groups excluding carboxylic acids is 1. The summed E-state index contributed by atoms with van der Waals surface area (Å²) in [4.78, 5) is 15.6. The van der Waals surface area contributed by atoms with E-state index in [4.69, 9.17) is 4.42 Å². The highest BCUT2D eigenvalue weighted by atomic mass is 32.2. The molecule has 2 aliphatic heterocycles. The third-order valence-corrected chi connectivity index (χ3v) is 8.74. The molecule has 1 saturated heterocycles. The zero-order valence-corrected chi connectivity index (χ0v) is 19.9. The van der Waals surface area contributed by atoms with Crippen molar-refractivity contribution < 1.29 is 17.6 Å². The molecule has 1 aromatic carbocycles. The van der Waals surface area contributed by atoms with Gasteiger partial charge in [-0.15, -0.1) is 0 Å². The van der Waals surface area contributed by atoms with Crippen LogP contribution in [-0.2, 0) is 23.0 Å². The van der Waals surface area contributed by atoms with Crippen LogP contribution in [0.2, 0.25) is 0 Å². The maximum absolute atomic E-state index is 13.5. The van der Waals surface area contributed by atoms with E-state index in [1.165, 1.54) is 0 Å². The number of aryl methyl sites for hydroxylation is 1. The molecule has 0 atom stereocenters. The van der Waals surface area contributed by atoms with Gasteiger partial charge in [-0.05, 0) is 75.1 Å². The SMILES string of the molecule is Cc1cc(C(=O)N2CCc3cc(S(=O)(=O)N4CCCCC4)ccc32)c(C)n1Cc1ccco1. The molecule has 8 heteroatoms. The van der Waals surface area contributed by atoms with E-state index in [0.717, 1.165) is 47.7 Å². The van der Waals surface area contributed by atoms with Gasteiger partial charge in [0.2, 0.25) is 10.0 Å². The highest BCUT2D eigenvalue weighted by Crippen LogP contribution is 2.33. The molecule has 33 heavy (non-hydrogen) atoms. The summed E-state index contributed by atoms with van der Waals surface area (Å²) in [5, 5.41) is 0. The number of rotatable bonds is 5. The number of anilines is 1. The van der Waals surface area contributed by atoms with Crippen LogP contribution in [0, 0.1) is 13.8 Å². The van der Waals surface area contributed by atoms with E-state index < -0.39 is 10.0 Å². The van der Waals surface area contributed by atoms with E-state index in [0.29, 0.717) is 43.1 Å². The first kappa shape index (κ1) is 22.0. The number of fused-ring (bicyclic) bond motifs is 1. The Morgan fingerprint density at radius 3 is 2.55 bits per heavy atom. The third kappa shape index (κ3) is 3.91. The molecule has 5 rings (SSSR count). The maximum Gasteiger partial charge on any atom is 0.260 e. The van der Waals surface area contributed by atoms with Crippen LogP contribution >= 0.6 is 0 Å². The number of sulfonamides is 1. The van der Waals surface area contributed by atoms with Gasteiger partial charge in [0.15, 0.2) is 0 Å². The number of piperidine rings is 1. The molecule has 0 aliphatic carbocycles. The second kappa shape index (κ2) is 8.50. The molecule has 1 fully saturated rings. The van der Waals surface area contributed by atoms with Crippen LogP contribution in [-0.4, -0.2) is 42.8 Å². The molecule has 0 bridgehead atoms. The van der Waals surface area contributed by atoms with Crippen LogP contribution in [0.4, 0.5) is 5.69 Å². The van der Waals surface area contributed by atoms with Gasteiger partial charge in [-0.1, -0.05) is 6.42 Å². The first-order valence-corrected chi connectivity index (χ1v) is 12.9. The fraction of sp³-hybridized carbons (Fsp3) is 0.400. The molecule has 4 heterocycles. The van der Waals surface area contributed by atoms with E-state index >= 15 is 0 Å². The number of hydrogen-bond acceptors (Lipinski definition) is 4. The quantitative estimate of drug-likeness (QED) is 0.566. The summed E-state index contributed by atoms with van der Waals surface area (Å²) in [6, 6.07) is 10.9. The molecule has 3 aromatic rings. The number of furan rings is 1. The number of benzene rings is 1. The summed E-state index contributed by atoms with van der Waals surface area (Å²) >= 11 is 0. The number of amides is 1. The normalized spacial score (nSPS) is 16.8. The summed E-state index contributed by atoms with van der Waals surface area (Å²) in [6.07, 6.45) is 5.19. The van der Waals surface area contributed by atoms with Gasteiger partial charge in [0.25, 0.3) is 5.91 Å². The largest absolute Gasteiger partial charge is 0.467 e. The highest BCUT2D eigenvalue weighted by Gasteiger charge is 2.31. The van der Waals surface area contributed by atoms with Crippen LogP contribution in [0.15, 0.2) is 52.0 Å². The van der Waals surface area contributed by atoms with Crippen LogP contribution in [0.1, 0.15) is 52.3 Å². The van der Waals surface area contributed by atoms with Crippen molar-refractivity contribution in [3.8, 4) is 0 Å². The van der Waals surface area contributed by atoms with Crippen molar-refractivity contribution in [1.82, 2.24) is 8.87 Å². The van der Waals surface area contributed by atoms with Crippen molar-refractivity contribution in [2.45, 2.75) is 51.0 Å². The lowest BCUT2D eigenvalue weighted by molar-refractivity contribution is 0.0988. The lowest BCUT2D eigenvalue weighted by atomic mass is 10.1. The lowest BCUT2D eigenvalue weighted by Gasteiger charge is -2.26. The van der Waals surface area contributed by atoms with Gasteiger partial charge in [0.1, 0.15) is 5.76 Å². The average Bonchev–Trinajstić information content (AvgIpc) is 3.55. The Morgan fingerprint density at radius 2 is 1.82 bits per heavy atom. The number of hydrogen-bond donors (Lipinski definition) is 0. The predicted molar refractivity (Wildman–Crippen MR) is 126 cm³/mol. The summed E-state index contributed by atoms with van der Waals surface area (Å²) in [6.45, 7) is 6.22. The molecule has 0 unspecified atom stereocenters. The molecule has 0 N–H and O–H groups in total. The highest BCUT2D eigenvalue weighted by molar-refractivity contribution is 7.89. The minimum Gasteiger partial charge on any atom is -0.467 e. The summed E-state index contributed by atoms with van der Waals surface area (Å²) in [7, 11) is -3.49. The standard InChI is InChI=1S/C25H29N3O4S/c1-18-15-23(19(2)28(18)17-21-7-6-14-32-21)25(29)27-13-10-20-16-22(8-9-24(20)27)33(30,31)26-11-4-3-5-12-26/h6-9,14-16H,3-5,10-13,17H2,1-2H3. The van der Waals surface area contributed by atoms with Gasteiger partial charge in [-0.25, -0.2) is 8.42 Å². The van der Waals surface area contributed by atoms with Crippen molar-refractivity contribution >= 4 is 21.6 Å². The van der Waals surface area contributed by atoms with Crippen LogP contribution in [0.25, 0.3) is 0 Å². The molecule has 174 valence electrons. The first-order valence-electron chi connectivity index (χ1n) is 11.5. The molecular weight excluding hydrogens is 438 g/mol. The molecule has 0 saturated carbocycles. The van der Waals surface area contributed by atoms with Gasteiger partial charge in [0, 0.05) is 36.7 Å². The zero-order chi connectivity index (χ0) is 23.2. The average molecular weight is 468 g/mol. The minimum absolute atomic E-state index is 0.0563. The molecule has 1 amide bonds. The van der Waals surface area contributed by atoms with Crippen LogP contribution < -0.4 is 4.90 Å². The monoisotopic (exact) mass is 467 g/mol. The second-order valence-corrected chi connectivity index (χ2v) is 10.9. The van der Waals surface area contributed by atoms with E-state index in [2.05, 4.69) is 4.57 Å². The molecule has 7 nitrogen and oxygen atoms in total. The lowest BCUT2D eigenvalue weighted by Crippen LogP contribution is -2.35. The Balaban J connectivity index is 1.40. The molecule has 0 radical (unpaired) electrons. The summed E-state index contributed by atoms with van der Waals surface area (Å²) < 4.78 is 35.3. The second-order valence-electron chi connectivity index (χ2n) is 8.91. The molecule has 0 spiro atoms. The fourth-order valence-electron chi connectivity index (χ4n) is 4.97. The fourth-order valence-corrected chi connectivity index (χ4v) is 6.54. The van der Waals surface area contributed by atoms with E-state index in [1.54, 1.807) is 33.7 Å². The number of aromatic nitrogens is 1. The Morgan fingerprint density at radius 1 is 1.03 bits per heavy atom. The Hall–Kier alpha value is -2.84. The number of nitrogens with zero attached hydrogens (tertiary/aromatic N) is 3. The zero-order valence-electron chi connectivity index (χ0n) is 19.1. The Bertz CT molecular complexity index is 1290. The minimum atomic E-state index is -3.49. The summed E-state index contributed by atoms with van der Waals surface area (Å²) in [5.41, 5.74) is 4.26. The topological polar surface area (TPSA) is 75.8 Å². The molecular formula is C25H29N3O4S. The van der Waals surface area contributed by atoms with Gasteiger partial charge >= 0.3 is 0 Å². The van der Waals surface area contributed by atoms with Crippen molar-refractivity contribution in [1.29, 1.82) is 0 Å². The van der Waals surface area contributed by atoms with Gasteiger partial charge in [0.05, 0.1) is 23.3 Å². The van der Waals surface area contributed by atoms with Gasteiger partial charge in [-0.3, -0.25) is 4.79 Å². The Labute approximate surface area is 194 Å². The molecule has 2 aliphatic rings. The third-order valence-electron chi connectivity index (χ3n) is 6.84. The Kier molecular flexibility index (Phi) is 5.66.